The summed E-state index contributed by atoms with van der Waals surface area (Å²) in [5, 5.41) is 15.9. The smallest absolute Gasteiger partial charge is 0.387 e. The zero-order valence-corrected chi connectivity index (χ0v) is 16.1. The second kappa shape index (κ2) is 9.54. The lowest BCUT2D eigenvalue weighted by Crippen LogP contribution is -2.25. The van der Waals surface area contributed by atoms with Crippen LogP contribution in [-0.4, -0.2) is 45.5 Å². The van der Waals surface area contributed by atoms with E-state index in [0.717, 1.165) is 10.4 Å². The topological polar surface area (TPSA) is 104 Å². The fourth-order valence-corrected chi connectivity index (χ4v) is 2.47. The highest BCUT2D eigenvalue weighted by Gasteiger charge is 2.13. The van der Waals surface area contributed by atoms with Gasteiger partial charge >= 0.3 is 6.61 Å². The molecule has 0 saturated carbocycles. The first kappa shape index (κ1) is 20.8. The number of nitrogens with zero attached hydrogens (tertiary/aromatic N) is 5. The van der Waals surface area contributed by atoms with E-state index in [9.17, 15) is 13.6 Å². The number of amides is 1. The van der Waals surface area contributed by atoms with Crippen molar-refractivity contribution < 1.29 is 23.0 Å². The summed E-state index contributed by atoms with van der Waals surface area (Å²) in [6, 6.07) is 13.6. The number of hydrazone groups is 1. The molecular formula is C19H18F2N6O3. The van der Waals surface area contributed by atoms with Crippen LogP contribution in [0.5, 0.6) is 11.5 Å². The average molecular weight is 416 g/mol. The van der Waals surface area contributed by atoms with Crippen molar-refractivity contribution in [3.63, 3.8) is 0 Å². The average Bonchev–Trinajstić information content (AvgIpc) is 3.21. The Morgan fingerprint density at radius 1 is 1.20 bits per heavy atom. The highest BCUT2D eigenvalue weighted by atomic mass is 19.3. The van der Waals surface area contributed by atoms with Crippen molar-refractivity contribution in [3.8, 4) is 22.9 Å². The second-order valence-electron chi connectivity index (χ2n) is 5.99. The second-order valence-corrected chi connectivity index (χ2v) is 5.99. The Bertz CT molecular complexity index is 1040. The number of nitrogens with one attached hydrogen (secondary N) is 1. The first-order valence-electron chi connectivity index (χ1n) is 8.76. The fourth-order valence-electron chi connectivity index (χ4n) is 2.47. The number of carbonyl (C=O) groups excluding carboxylic acids is 1. The van der Waals surface area contributed by atoms with Gasteiger partial charge in [-0.25, -0.2) is 5.43 Å². The molecule has 0 bridgehead atoms. The molecule has 1 heterocycles. The van der Waals surface area contributed by atoms with Crippen LogP contribution in [-0.2, 0) is 11.3 Å². The molecule has 1 N–H and O–H groups in total. The van der Waals surface area contributed by atoms with Crippen molar-refractivity contribution in [2.45, 2.75) is 20.1 Å². The third-order valence-corrected chi connectivity index (χ3v) is 3.92. The van der Waals surface area contributed by atoms with Crippen molar-refractivity contribution in [2.75, 3.05) is 7.11 Å². The number of methoxy groups -OCH3 is 1. The molecule has 3 rings (SSSR count). The summed E-state index contributed by atoms with van der Waals surface area (Å²) in [5.41, 5.74) is 4.16. The molecule has 0 fully saturated rings. The van der Waals surface area contributed by atoms with Gasteiger partial charge in [-0.1, -0.05) is 30.3 Å². The van der Waals surface area contributed by atoms with Crippen LogP contribution < -0.4 is 14.9 Å². The van der Waals surface area contributed by atoms with E-state index >= 15 is 0 Å². The van der Waals surface area contributed by atoms with Crippen molar-refractivity contribution in [1.82, 2.24) is 25.6 Å². The first-order valence-corrected chi connectivity index (χ1v) is 8.76. The molecular weight excluding hydrogens is 398 g/mol. The van der Waals surface area contributed by atoms with E-state index in [1.54, 1.807) is 6.92 Å². The summed E-state index contributed by atoms with van der Waals surface area (Å²) >= 11 is 0. The van der Waals surface area contributed by atoms with Gasteiger partial charge in [0.15, 0.2) is 11.5 Å². The minimum atomic E-state index is -2.97. The maximum atomic E-state index is 12.4. The highest BCUT2D eigenvalue weighted by Crippen LogP contribution is 2.29. The minimum Gasteiger partial charge on any atom is -0.493 e. The Morgan fingerprint density at radius 2 is 1.97 bits per heavy atom. The normalized spacial score (nSPS) is 11.4. The van der Waals surface area contributed by atoms with Crippen LogP contribution >= 0.6 is 0 Å². The van der Waals surface area contributed by atoms with Gasteiger partial charge in [-0.05, 0) is 30.3 Å². The number of rotatable bonds is 8. The molecule has 0 unspecified atom stereocenters. The van der Waals surface area contributed by atoms with Gasteiger partial charge in [0.05, 0.1) is 12.8 Å². The van der Waals surface area contributed by atoms with E-state index in [4.69, 9.17) is 4.74 Å². The van der Waals surface area contributed by atoms with Crippen molar-refractivity contribution in [1.29, 1.82) is 0 Å². The molecule has 11 heteroatoms. The van der Waals surface area contributed by atoms with Crippen molar-refractivity contribution >= 4 is 11.6 Å². The summed E-state index contributed by atoms with van der Waals surface area (Å²) in [5.74, 6) is -0.0363. The maximum Gasteiger partial charge on any atom is 0.387 e. The summed E-state index contributed by atoms with van der Waals surface area (Å²) in [7, 11) is 1.33. The van der Waals surface area contributed by atoms with E-state index in [0.29, 0.717) is 17.1 Å². The lowest BCUT2D eigenvalue weighted by Gasteiger charge is -2.11. The monoisotopic (exact) mass is 416 g/mol. The van der Waals surface area contributed by atoms with Gasteiger partial charge in [-0.3, -0.25) is 4.79 Å². The van der Waals surface area contributed by atoms with Gasteiger partial charge in [0.2, 0.25) is 5.82 Å². The summed E-state index contributed by atoms with van der Waals surface area (Å²) < 4.78 is 34.3. The molecule has 1 aromatic heterocycles. The van der Waals surface area contributed by atoms with Crippen LogP contribution in [0.1, 0.15) is 12.5 Å². The number of halogens is 2. The molecule has 0 atom stereocenters. The highest BCUT2D eigenvalue weighted by molar-refractivity contribution is 5.99. The molecule has 0 aliphatic heterocycles. The molecule has 0 aliphatic carbocycles. The fraction of sp³-hybridized carbons (Fsp3) is 0.211. The Morgan fingerprint density at radius 3 is 2.67 bits per heavy atom. The van der Waals surface area contributed by atoms with Gasteiger partial charge in [-0.2, -0.15) is 18.7 Å². The molecule has 0 aliphatic rings. The van der Waals surface area contributed by atoms with Crippen LogP contribution in [0.15, 0.2) is 53.6 Å². The van der Waals surface area contributed by atoms with Crippen LogP contribution in [0.4, 0.5) is 8.78 Å². The number of ether oxygens (including phenoxy) is 2. The molecule has 9 nitrogen and oxygen atoms in total. The number of benzene rings is 2. The summed E-state index contributed by atoms with van der Waals surface area (Å²) in [6.45, 7) is -1.50. The molecule has 3 aromatic rings. The quantitative estimate of drug-likeness (QED) is 0.447. The van der Waals surface area contributed by atoms with Crippen molar-refractivity contribution in [2.24, 2.45) is 5.10 Å². The largest absolute Gasteiger partial charge is 0.493 e. The Kier molecular flexibility index (Phi) is 6.63. The third-order valence-electron chi connectivity index (χ3n) is 3.92. The molecule has 0 radical (unpaired) electrons. The van der Waals surface area contributed by atoms with E-state index in [2.05, 4.69) is 30.7 Å². The molecule has 30 heavy (non-hydrogen) atoms. The maximum absolute atomic E-state index is 12.4. The predicted molar refractivity (Wildman–Crippen MR) is 103 cm³/mol. The first-order chi connectivity index (χ1) is 14.5. The summed E-state index contributed by atoms with van der Waals surface area (Å²) in [4.78, 5) is 13.3. The van der Waals surface area contributed by atoms with Gasteiger partial charge in [-0.15, -0.1) is 10.2 Å². The third kappa shape index (κ3) is 5.34. The Hall–Kier alpha value is -3.89. The Labute approximate surface area is 170 Å². The van der Waals surface area contributed by atoms with E-state index < -0.39 is 12.5 Å². The molecule has 0 saturated heterocycles. The zero-order valence-electron chi connectivity index (χ0n) is 16.1. The number of tetrazole rings is 1. The van der Waals surface area contributed by atoms with Crippen LogP contribution in [0, 0.1) is 0 Å². The van der Waals surface area contributed by atoms with Crippen molar-refractivity contribution in [3.05, 3.63) is 54.1 Å². The number of hydrogen-bond donors (Lipinski definition) is 1. The molecule has 1 amide bonds. The van der Waals surface area contributed by atoms with Gasteiger partial charge in [0.1, 0.15) is 6.54 Å². The molecule has 156 valence electrons. The van der Waals surface area contributed by atoms with Gasteiger partial charge in [0, 0.05) is 11.1 Å². The number of carbonyl (C=O) groups is 1. The SMILES string of the molecule is COc1cc(/C(C)=N\NC(=O)Cn2nnc(-c3ccccc3)n2)ccc1OC(F)F. The van der Waals surface area contributed by atoms with Crippen LogP contribution in [0.3, 0.4) is 0 Å². The number of aromatic nitrogens is 4. The number of hydrogen-bond acceptors (Lipinski definition) is 7. The lowest BCUT2D eigenvalue weighted by molar-refractivity contribution is -0.122. The van der Waals surface area contributed by atoms with Gasteiger partial charge < -0.3 is 9.47 Å². The lowest BCUT2D eigenvalue weighted by atomic mass is 10.1. The standard InChI is InChI=1S/C19H18F2N6O3/c1-12(14-8-9-15(30-19(20)21)16(10-14)29-2)22-23-17(28)11-27-25-18(24-26-27)13-6-4-3-5-7-13/h3-10,19H,11H2,1-2H3,(H,23,28)/b22-12-. The number of alkyl halides is 2. The van der Waals surface area contributed by atoms with E-state index in [1.165, 1.54) is 25.3 Å². The Balaban J connectivity index is 1.63. The van der Waals surface area contributed by atoms with E-state index in [1.807, 2.05) is 30.3 Å². The summed E-state index contributed by atoms with van der Waals surface area (Å²) in [6.07, 6.45) is 0. The predicted octanol–water partition coefficient (Wildman–Crippen LogP) is 2.49. The zero-order chi connectivity index (χ0) is 21.5. The van der Waals surface area contributed by atoms with Crippen LogP contribution in [0.25, 0.3) is 11.4 Å². The van der Waals surface area contributed by atoms with E-state index in [-0.39, 0.29) is 18.0 Å². The van der Waals surface area contributed by atoms with Crippen LogP contribution in [0.2, 0.25) is 0 Å². The molecule has 0 spiro atoms. The molecule has 2 aromatic carbocycles. The van der Waals surface area contributed by atoms with Gasteiger partial charge in [0.25, 0.3) is 5.91 Å². The minimum absolute atomic E-state index is 0.0976.